The molecule has 27 heavy (non-hydrogen) atoms. The van der Waals surface area contributed by atoms with E-state index in [1.165, 1.54) is 19.1 Å². The molecule has 0 aromatic heterocycles. The minimum absolute atomic E-state index is 0.00456. The molecule has 0 spiro atoms. The van der Waals surface area contributed by atoms with Gasteiger partial charge in [-0.15, -0.1) is 0 Å². The average molecular weight is 369 g/mol. The number of nitro benzene ring substituents is 1. The lowest BCUT2D eigenvalue weighted by Gasteiger charge is -2.32. The molecule has 0 bridgehead atoms. The van der Waals surface area contributed by atoms with Crippen LogP contribution >= 0.6 is 0 Å². The smallest absolute Gasteiger partial charge is 0.308 e. The van der Waals surface area contributed by atoms with E-state index in [2.05, 4.69) is 0 Å². The third kappa shape index (κ3) is 4.08. The first kappa shape index (κ1) is 18.4. The quantitative estimate of drug-likeness (QED) is 0.342. The number of carbonyl (C=O) groups excluding carboxylic acids is 1. The van der Waals surface area contributed by atoms with Crippen molar-refractivity contribution in [1.82, 2.24) is 0 Å². The van der Waals surface area contributed by atoms with Gasteiger partial charge in [-0.05, 0) is 44.2 Å². The van der Waals surface area contributed by atoms with Crippen molar-refractivity contribution in [2.45, 2.75) is 26.4 Å². The molecular formula is C20H19NO6. The SMILES string of the molecule is CC(=O)Oc1ccc2c(c1C)OC(C)(COc1ccc([N+](=O)[O-])cc1)C=C2. The monoisotopic (exact) mass is 369 g/mol. The highest BCUT2D eigenvalue weighted by Crippen LogP contribution is 2.38. The Hall–Kier alpha value is -3.35. The van der Waals surface area contributed by atoms with Crippen LogP contribution in [0.25, 0.3) is 6.08 Å². The molecule has 1 aliphatic heterocycles. The van der Waals surface area contributed by atoms with E-state index in [1.807, 2.05) is 32.1 Å². The third-order valence-corrected chi connectivity index (χ3v) is 4.16. The van der Waals surface area contributed by atoms with Crippen LogP contribution in [0.15, 0.2) is 42.5 Å². The summed E-state index contributed by atoms with van der Waals surface area (Å²) in [7, 11) is 0. The Kier molecular flexibility index (Phi) is 4.85. The largest absolute Gasteiger partial charge is 0.489 e. The normalized spacial score (nSPS) is 17.6. The van der Waals surface area contributed by atoms with E-state index in [0.29, 0.717) is 17.2 Å². The minimum atomic E-state index is -0.742. The lowest BCUT2D eigenvalue weighted by molar-refractivity contribution is -0.384. The van der Waals surface area contributed by atoms with Gasteiger partial charge in [-0.1, -0.05) is 6.08 Å². The summed E-state index contributed by atoms with van der Waals surface area (Å²) < 4.78 is 17.1. The molecule has 2 aromatic carbocycles. The lowest BCUT2D eigenvalue weighted by atomic mass is 9.99. The summed E-state index contributed by atoms with van der Waals surface area (Å²) in [4.78, 5) is 21.5. The van der Waals surface area contributed by atoms with Crippen molar-refractivity contribution in [2.24, 2.45) is 0 Å². The maximum absolute atomic E-state index is 11.2. The summed E-state index contributed by atoms with van der Waals surface area (Å²) in [5.41, 5.74) is 0.878. The first-order valence-corrected chi connectivity index (χ1v) is 8.35. The second kappa shape index (κ2) is 7.11. The fourth-order valence-corrected chi connectivity index (χ4v) is 2.73. The van der Waals surface area contributed by atoms with Crippen molar-refractivity contribution < 1.29 is 23.9 Å². The summed E-state index contributed by atoms with van der Waals surface area (Å²) in [6, 6.07) is 9.44. The molecule has 2 aromatic rings. The van der Waals surface area contributed by atoms with E-state index in [0.717, 1.165) is 11.1 Å². The van der Waals surface area contributed by atoms with Crippen LogP contribution in [0.5, 0.6) is 17.2 Å². The number of nitrogens with zero attached hydrogens (tertiary/aromatic N) is 1. The van der Waals surface area contributed by atoms with Crippen molar-refractivity contribution >= 4 is 17.7 Å². The van der Waals surface area contributed by atoms with Crippen molar-refractivity contribution in [3.8, 4) is 17.2 Å². The van der Waals surface area contributed by atoms with Gasteiger partial charge in [0.1, 0.15) is 23.9 Å². The van der Waals surface area contributed by atoms with E-state index >= 15 is 0 Å². The second-order valence-corrected chi connectivity index (χ2v) is 6.49. The van der Waals surface area contributed by atoms with Gasteiger partial charge in [0.15, 0.2) is 5.60 Å². The molecule has 7 heteroatoms. The fraction of sp³-hybridized carbons (Fsp3) is 0.250. The number of fused-ring (bicyclic) bond motifs is 1. The number of ether oxygens (including phenoxy) is 3. The Labute approximate surface area is 156 Å². The molecule has 140 valence electrons. The highest BCUT2D eigenvalue weighted by molar-refractivity contribution is 5.72. The number of nitro groups is 1. The van der Waals surface area contributed by atoms with E-state index in [-0.39, 0.29) is 12.3 Å². The van der Waals surface area contributed by atoms with Crippen molar-refractivity contribution in [1.29, 1.82) is 0 Å². The standard InChI is InChI=1S/C20H19NO6/c1-13-18(26-14(2)22)9-4-15-10-11-20(3,27-19(13)15)12-25-17-7-5-16(6-8-17)21(23)24/h4-11H,12H2,1-3H3. The first-order chi connectivity index (χ1) is 12.8. The van der Waals surface area contributed by atoms with Crippen LogP contribution in [0.1, 0.15) is 25.0 Å². The molecule has 1 heterocycles. The molecule has 1 atom stereocenters. The number of non-ortho nitro benzene ring substituents is 1. The molecule has 1 aliphatic rings. The topological polar surface area (TPSA) is 87.9 Å². The van der Waals surface area contributed by atoms with Crippen LogP contribution in [0, 0.1) is 17.0 Å². The zero-order chi connectivity index (χ0) is 19.6. The summed E-state index contributed by atoms with van der Waals surface area (Å²) in [5.74, 6) is 1.20. The maximum Gasteiger partial charge on any atom is 0.308 e. The van der Waals surface area contributed by atoms with Gasteiger partial charge in [-0.3, -0.25) is 14.9 Å². The van der Waals surface area contributed by atoms with Gasteiger partial charge < -0.3 is 14.2 Å². The number of hydrogen-bond acceptors (Lipinski definition) is 6. The van der Waals surface area contributed by atoms with Gasteiger partial charge in [0.2, 0.25) is 0 Å². The summed E-state index contributed by atoms with van der Waals surface area (Å²) in [5, 5.41) is 10.7. The lowest BCUT2D eigenvalue weighted by Crippen LogP contribution is -2.38. The molecule has 7 nitrogen and oxygen atoms in total. The van der Waals surface area contributed by atoms with E-state index < -0.39 is 16.5 Å². The highest BCUT2D eigenvalue weighted by Gasteiger charge is 2.30. The van der Waals surface area contributed by atoms with Gasteiger partial charge in [0.05, 0.1) is 4.92 Å². The van der Waals surface area contributed by atoms with Crippen molar-refractivity contribution in [3.63, 3.8) is 0 Å². The molecule has 0 fully saturated rings. The van der Waals surface area contributed by atoms with Crippen LogP contribution < -0.4 is 14.2 Å². The Morgan fingerprint density at radius 2 is 1.93 bits per heavy atom. The van der Waals surface area contributed by atoms with Gasteiger partial charge in [0.25, 0.3) is 5.69 Å². The number of benzene rings is 2. The van der Waals surface area contributed by atoms with Gasteiger partial charge in [-0.25, -0.2) is 0 Å². The summed E-state index contributed by atoms with van der Waals surface area (Å²) in [6.07, 6.45) is 3.83. The van der Waals surface area contributed by atoms with E-state index in [4.69, 9.17) is 14.2 Å². The predicted octanol–water partition coefficient (Wildman–Crippen LogP) is 4.07. The van der Waals surface area contributed by atoms with Crippen LogP contribution in [-0.4, -0.2) is 23.1 Å². The van der Waals surface area contributed by atoms with Crippen LogP contribution in [-0.2, 0) is 4.79 Å². The number of hydrogen-bond donors (Lipinski definition) is 0. The van der Waals surface area contributed by atoms with Crippen LogP contribution in [0.4, 0.5) is 5.69 Å². The van der Waals surface area contributed by atoms with Crippen LogP contribution in [0.2, 0.25) is 0 Å². The number of rotatable bonds is 5. The molecule has 0 N–H and O–H groups in total. The Balaban J connectivity index is 1.75. The molecule has 1 unspecified atom stereocenters. The predicted molar refractivity (Wildman–Crippen MR) is 99.1 cm³/mol. The Morgan fingerprint density at radius 1 is 1.22 bits per heavy atom. The van der Waals surface area contributed by atoms with Crippen molar-refractivity contribution in [2.75, 3.05) is 6.61 Å². The Morgan fingerprint density at radius 3 is 2.56 bits per heavy atom. The van der Waals surface area contributed by atoms with E-state index in [1.54, 1.807) is 18.2 Å². The minimum Gasteiger partial charge on any atom is -0.489 e. The van der Waals surface area contributed by atoms with Gasteiger partial charge >= 0.3 is 5.97 Å². The molecule has 3 rings (SSSR count). The number of esters is 1. The third-order valence-electron chi connectivity index (χ3n) is 4.16. The average Bonchev–Trinajstić information content (AvgIpc) is 2.63. The molecule has 0 radical (unpaired) electrons. The summed E-state index contributed by atoms with van der Waals surface area (Å²) in [6.45, 7) is 5.25. The van der Waals surface area contributed by atoms with Gasteiger partial charge in [-0.2, -0.15) is 0 Å². The molecule has 0 saturated heterocycles. The molecule has 0 amide bonds. The molecule has 0 aliphatic carbocycles. The van der Waals surface area contributed by atoms with Gasteiger partial charge in [0, 0.05) is 30.2 Å². The Bertz CT molecular complexity index is 919. The fourth-order valence-electron chi connectivity index (χ4n) is 2.73. The number of carbonyl (C=O) groups is 1. The molecular weight excluding hydrogens is 350 g/mol. The van der Waals surface area contributed by atoms with Crippen LogP contribution in [0.3, 0.4) is 0 Å². The van der Waals surface area contributed by atoms with E-state index in [9.17, 15) is 14.9 Å². The molecule has 0 saturated carbocycles. The zero-order valence-corrected chi connectivity index (χ0v) is 15.2. The highest BCUT2D eigenvalue weighted by atomic mass is 16.6. The van der Waals surface area contributed by atoms with Crippen molar-refractivity contribution in [3.05, 3.63) is 63.7 Å². The maximum atomic E-state index is 11.2. The first-order valence-electron chi connectivity index (χ1n) is 8.35. The zero-order valence-electron chi connectivity index (χ0n) is 15.2. The second-order valence-electron chi connectivity index (χ2n) is 6.49. The summed E-state index contributed by atoms with van der Waals surface area (Å²) >= 11 is 0.